The third-order valence-electron chi connectivity index (χ3n) is 4.64. The standard InChI is InChI=1S/C20H22N2O4S/c23-18(21-9-6-14-2-1-3-15(12-14)20(25)26)4-5-19(24)22-10-7-17-16(13-22)8-11-27-17/h1-3,8,11-12H,4-7,9-10,13H2,(H,21,23)(H,25,26). The van der Waals surface area contributed by atoms with Gasteiger partial charge < -0.3 is 15.3 Å². The minimum absolute atomic E-state index is 0.0103. The number of fused-ring (bicyclic) bond motifs is 1. The summed E-state index contributed by atoms with van der Waals surface area (Å²) in [5.41, 5.74) is 2.30. The molecule has 0 fully saturated rings. The molecule has 2 heterocycles. The molecule has 0 spiro atoms. The predicted molar refractivity (Wildman–Crippen MR) is 103 cm³/mol. The third kappa shape index (κ3) is 5.17. The first-order chi connectivity index (χ1) is 13.0. The van der Waals surface area contributed by atoms with E-state index in [0.29, 0.717) is 26.1 Å². The highest BCUT2D eigenvalue weighted by Gasteiger charge is 2.21. The minimum Gasteiger partial charge on any atom is -0.478 e. The lowest BCUT2D eigenvalue weighted by molar-refractivity contribution is -0.134. The van der Waals surface area contributed by atoms with Crippen LogP contribution in [0.1, 0.15) is 39.2 Å². The predicted octanol–water partition coefficient (Wildman–Crippen LogP) is 2.47. The van der Waals surface area contributed by atoms with Crippen LogP contribution in [0.15, 0.2) is 35.7 Å². The van der Waals surface area contributed by atoms with Gasteiger partial charge in [0.1, 0.15) is 0 Å². The van der Waals surface area contributed by atoms with Crippen LogP contribution < -0.4 is 5.32 Å². The van der Waals surface area contributed by atoms with Gasteiger partial charge in [0.25, 0.3) is 0 Å². The number of benzene rings is 1. The smallest absolute Gasteiger partial charge is 0.335 e. The number of nitrogens with zero attached hydrogens (tertiary/aromatic N) is 1. The van der Waals surface area contributed by atoms with Crippen LogP contribution in [-0.2, 0) is 29.0 Å². The number of carbonyl (C=O) groups is 3. The molecule has 2 N–H and O–H groups in total. The summed E-state index contributed by atoms with van der Waals surface area (Å²) in [6.45, 7) is 1.77. The average Bonchev–Trinajstić information content (AvgIpc) is 3.14. The SMILES string of the molecule is O=C(CCC(=O)N1CCc2sccc2C1)NCCc1cccc(C(=O)O)c1. The van der Waals surface area contributed by atoms with Crippen molar-refractivity contribution in [2.24, 2.45) is 0 Å². The van der Waals surface area contributed by atoms with E-state index in [2.05, 4.69) is 16.8 Å². The average molecular weight is 386 g/mol. The molecular formula is C20H22N2O4S. The van der Waals surface area contributed by atoms with E-state index in [1.165, 1.54) is 16.5 Å². The Hall–Kier alpha value is -2.67. The molecular weight excluding hydrogens is 364 g/mol. The largest absolute Gasteiger partial charge is 0.478 e. The van der Waals surface area contributed by atoms with Crippen molar-refractivity contribution in [3.8, 4) is 0 Å². The van der Waals surface area contributed by atoms with E-state index in [9.17, 15) is 14.4 Å². The van der Waals surface area contributed by atoms with Crippen molar-refractivity contribution in [3.63, 3.8) is 0 Å². The number of rotatable bonds is 7. The zero-order chi connectivity index (χ0) is 19.2. The lowest BCUT2D eigenvalue weighted by atomic mass is 10.1. The molecule has 0 bridgehead atoms. The van der Waals surface area contributed by atoms with Crippen molar-refractivity contribution in [2.75, 3.05) is 13.1 Å². The van der Waals surface area contributed by atoms with Crippen LogP contribution in [0.25, 0.3) is 0 Å². The van der Waals surface area contributed by atoms with Crippen molar-refractivity contribution in [1.29, 1.82) is 0 Å². The van der Waals surface area contributed by atoms with Crippen LogP contribution in [0, 0.1) is 0 Å². The number of aromatic carboxylic acids is 1. The number of nitrogens with one attached hydrogen (secondary N) is 1. The maximum Gasteiger partial charge on any atom is 0.335 e. The van der Waals surface area contributed by atoms with Gasteiger partial charge in [0.2, 0.25) is 11.8 Å². The number of amides is 2. The van der Waals surface area contributed by atoms with Crippen molar-refractivity contribution in [2.45, 2.75) is 32.2 Å². The molecule has 0 aliphatic carbocycles. The second-order valence-corrected chi connectivity index (χ2v) is 7.54. The molecule has 2 amide bonds. The maximum absolute atomic E-state index is 12.3. The quantitative estimate of drug-likeness (QED) is 0.765. The fraction of sp³-hybridized carbons (Fsp3) is 0.350. The van der Waals surface area contributed by atoms with Gasteiger partial charge in [-0.05, 0) is 47.5 Å². The minimum atomic E-state index is -0.966. The van der Waals surface area contributed by atoms with Gasteiger partial charge in [-0.25, -0.2) is 4.79 Å². The van der Waals surface area contributed by atoms with E-state index in [1.54, 1.807) is 23.5 Å². The number of carboxylic acids is 1. The van der Waals surface area contributed by atoms with Gasteiger partial charge in [0.05, 0.1) is 5.56 Å². The summed E-state index contributed by atoms with van der Waals surface area (Å²) in [6.07, 6.45) is 1.81. The van der Waals surface area contributed by atoms with Crippen LogP contribution >= 0.6 is 11.3 Å². The van der Waals surface area contributed by atoms with Gasteiger partial charge in [-0.3, -0.25) is 9.59 Å². The summed E-state index contributed by atoms with van der Waals surface area (Å²) >= 11 is 1.73. The fourth-order valence-electron chi connectivity index (χ4n) is 3.13. The van der Waals surface area contributed by atoms with E-state index in [1.807, 2.05) is 11.0 Å². The first-order valence-electron chi connectivity index (χ1n) is 8.95. The van der Waals surface area contributed by atoms with E-state index in [0.717, 1.165) is 12.0 Å². The second-order valence-electron chi connectivity index (χ2n) is 6.54. The molecule has 1 aromatic carbocycles. The Balaban J connectivity index is 1.38. The number of hydrogen-bond acceptors (Lipinski definition) is 4. The summed E-state index contributed by atoms with van der Waals surface area (Å²) in [7, 11) is 0. The number of carbonyl (C=O) groups excluding carboxylic acids is 2. The first-order valence-corrected chi connectivity index (χ1v) is 9.83. The molecule has 2 aromatic rings. The van der Waals surface area contributed by atoms with Crippen LogP contribution in [0.3, 0.4) is 0 Å². The summed E-state index contributed by atoms with van der Waals surface area (Å²) in [5.74, 6) is -1.12. The Labute approximate surface area is 161 Å². The van der Waals surface area contributed by atoms with Crippen molar-refractivity contribution in [3.05, 3.63) is 57.3 Å². The molecule has 7 heteroatoms. The molecule has 1 aliphatic heterocycles. The van der Waals surface area contributed by atoms with Crippen LogP contribution in [0.4, 0.5) is 0 Å². The Kier molecular flexibility index (Phi) is 6.24. The van der Waals surface area contributed by atoms with E-state index >= 15 is 0 Å². The lowest BCUT2D eigenvalue weighted by Gasteiger charge is -2.27. The molecule has 6 nitrogen and oxygen atoms in total. The maximum atomic E-state index is 12.3. The fourth-order valence-corrected chi connectivity index (χ4v) is 4.02. The van der Waals surface area contributed by atoms with E-state index < -0.39 is 5.97 Å². The summed E-state index contributed by atoms with van der Waals surface area (Å²) in [4.78, 5) is 38.4. The summed E-state index contributed by atoms with van der Waals surface area (Å²) in [6, 6.07) is 8.72. The zero-order valence-electron chi connectivity index (χ0n) is 14.9. The van der Waals surface area contributed by atoms with Gasteiger partial charge in [-0.2, -0.15) is 0 Å². The van der Waals surface area contributed by atoms with Gasteiger partial charge >= 0.3 is 5.97 Å². The van der Waals surface area contributed by atoms with E-state index in [4.69, 9.17) is 5.11 Å². The lowest BCUT2D eigenvalue weighted by Crippen LogP contribution is -2.36. The highest BCUT2D eigenvalue weighted by Crippen LogP contribution is 2.24. The molecule has 1 aliphatic rings. The summed E-state index contributed by atoms with van der Waals surface area (Å²) < 4.78 is 0. The Bertz CT molecular complexity index is 846. The normalized spacial score (nSPS) is 13.1. The van der Waals surface area contributed by atoms with E-state index in [-0.39, 0.29) is 30.2 Å². The molecule has 1 aromatic heterocycles. The number of carboxylic acid groups (broad SMARTS) is 1. The molecule has 0 saturated carbocycles. The van der Waals surface area contributed by atoms with Crippen molar-refractivity contribution >= 4 is 29.1 Å². The zero-order valence-corrected chi connectivity index (χ0v) is 15.8. The molecule has 0 unspecified atom stereocenters. The molecule has 0 atom stereocenters. The van der Waals surface area contributed by atoms with Crippen molar-refractivity contribution < 1.29 is 19.5 Å². The Morgan fingerprint density at radius 3 is 2.85 bits per heavy atom. The molecule has 0 radical (unpaired) electrons. The van der Waals surface area contributed by atoms with Crippen LogP contribution in [0.5, 0.6) is 0 Å². The molecule has 142 valence electrons. The molecule has 0 saturated heterocycles. The van der Waals surface area contributed by atoms with Crippen LogP contribution in [0.2, 0.25) is 0 Å². The second kappa shape index (κ2) is 8.81. The van der Waals surface area contributed by atoms with Gasteiger partial charge in [0.15, 0.2) is 0 Å². The third-order valence-corrected chi connectivity index (χ3v) is 5.66. The van der Waals surface area contributed by atoms with Gasteiger partial charge in [-0.1, -0.05) is 12.1 Å². The topological polar surface area (TPSA) is 86.7 Å². The molecule has 3 rings (SSSR count). The van der Waals surface area contributed by atoms with Gasteiger partial charge in [-0.15, -0.1) is 11.3 Å². The first kappa shape index (κ1) is 19.1. The number of thiophene rings is 1. The summed E-state index contributed by atoms with van der Waals surface area (Å²) in [5, 5.41) is 13.8. The highest BCUT2D eigenvalue weighted by atomic mass is 32.1. The van der Waals surface area contributed by atoms with Gasteiger partial charge in [0, 0.05) is 37.4 Å². The van der Waals surface area contributed by atoms with Crippen LogP contribution in [-0.4, -0.2) is 40.9 Å². The monoisotopic (exact) mass is 386 g/mol. The Morgan fingerprint density at radius 1 is 1.19 bits per heavy atom. The Morgan fingerprint density at radius 2 is 2.04 bits per heavy atom. The highest BCUT2D eigenvalue weighted by molar-refractivity contribution is 7.10. The molecule has 27 heavy (non-hydrogen) atoms. The number of hydrogen-bond donors (Lipinski definition) is 2. The van der Waals surface area contributed by atoms with Crippen molar-refractivity contribution in [1.82, 2.24) is 10.2 Å².